The number of benzene rings is 2. The topological polar surface area (TPSA) is 17.8 Å². The minimum Gasteiger partial charge on any atom is -0.319 e. The van der Waals surface area contributed by atoms with Gasteiger partial charge in [-0.25, -0.2) is 4.98 Å². The van der Waals surface area contributed by atoms with Gasteiger partial charge in [0.2, 0.25) is 0 Å². The summed E-state index contributed by atoms with van der Waals surface area (Å²) in [5.41, 5.74) is 3.48. The monoisotopic (exact) mass is 302 g/mol. The second-order valence-electron chi connectivity index (χ2n) is 4.55. The van der Waals surface area contributed by atoms with Crippen molar-refractivity contribution in [1.82, 2.24) is 9.55 Å². The maximum atomic E-state index is 6.02. The minimum atomic E-state index is 0.784. The van der Waals surface area contributed by atoms with Gasteiger partial charge in [0, 0.05) is 17.3 Å². The second-order valence-corrected chi connectivity index (χ2v) is 5.92. The van der Waals surface area contributed by atoms with Gasteiger partial charge in [-0.2, -0.15) is 0 Å². The number of aryl methyl sites for hydroxylation is 1. The Kier molecular flexibility index (Phi) is 3.99. The van der Waals surface area contributed by atoms with Crippen molar-refractivity contribution in [3.05, 3.63) is 59.1 Å². The van der Waals surface area contributed by atoms with Crippen LogP contribution in [0.5, 0.6) is 0 Å². The van der Waals surface area contributed by atoms with E-state index in [1.165, 1.54) is 11.1 Å². The summed E-state index contributed by atoms with van der Waals surface area (Å²) in [6.07, 6.45) is 0. The van der Waals surface area contributed by atoms with Gasteiger partial charge in [0.1, 0.15) is 0 Å². The van der Waals surface area contributed by atoms with E-state index in [4.69, 9.17) is 16.6 Å². The molecule has 1 aromatic heterocycles. The van der Waals surface area contributed by atoms with Crippen LogP contribution in [-0.4, -0.2) is 9.55 Å². The zero-order valence-corrected chi connectivity index (χ0v) is 12.8. The van der Waals surface area contributed by atoms with E-state index in [9.17, 15) is 0 Å². The molecular weight excluding hydrogens is 288 g/mol. The van der Waals surface area contributed by atoms with Crippen molar-refractivity contribution in [2.75, 3.05) is 0 Å². The van der Waals surface area contributed by atoms with Crippen molar-refractivity contribution in [3.8, 4) is 0 Å². The number of hydrogen-bond donors (Lipinski definition) is 0. The van der Waals surface area contributed by atoms with Gasteiger partial charge < -0.3 is 4.57 Å². The van der Waals surface area contributed by atoms with Crippen LogP contribution in [0.2, 0.25) is 5.02 Å². The first-order valence-electron chi connectivity index (χ1n) is 6.60. The fourth-order valence-electron chi connectivity index (χ4n) is 2.24. The lowest BCUT2D eigenvalue weighted by molar-refractivity contribution is 0.702. The van der Waals surface area contributed by atoms with Gasteiger partial charge in [0.15, 0.2) is 5.16 Å². The summed E-state index contributed by atoms with van der Waals surface area (Å²) in [6.45, 7) is 3.08. The van der Waals surface area contributed by atoms with Crippen molar-refractivity contribution in [1.29, 1.82) is 0 Å². The zero-order chi connectivity index (χ0) is 13.9. The number of nitrogens with zero attached hydrogens (tertiary/aromatic N) is 2. The number of fused-ring (bicyclic) bond motifs is 1. The molecule has 0 aliphatic carbocycles. The molecule has 0 unspecified atom stereocenters. The van der Waals surface area contributed by atoms with Gasteiger partial charge in [-0.15, -0.1) is 0 Å². The third-order valence-electron chi connectivity index (χ3n) is 3.19. The summed E-state index contributed by atoms with van der Waals surface area (Å²) < 4.78 is 2.25. The van der Waals surface area contributed by atoms with Crippen LogP contribution in [0.15, 0.2) is 53.7 Å². The highest BCUT2D eigenvalue weighted by atomic mass is 35.5. The largest absolute Gasteiger partial charge is 0.319 e. The van der Waals surface area contributed by atoms with E-state index in [2.05, 4.69) is 35.8 Å². The molecule has 0 bridgehead atoms. The van der Waals surface area contributed by atoms with Gasteiger partial charge in [-0.05, 0) is 36.8 Å². The number of halogens is 1. The van der Waals surface area contributed by atoms with Gasteiger partial charge in [0.05, 0.1) is 11.0 Å². The number of aromatic nitrogens is 2. The lowest BCUT2D eigenvalue weighted by Crippen LogP contribution is -1.96. The lowest BCUT2D eigenvalue weighted by Gasteiger charge is -2.05. The van der Waals surface area contributed by atoms with Gasteiger partial charge >= 0.3 is 0 Å². The maximum absolute atomic E-state index is 6.02. The third kappa shape index (κ3) is 2.69. The van der Waals surface area contributed by atoms with Crippen molar-refractivity contribution in [2.45, 2.75) is 24.4 Å². The van der Waals surface area contributed by atoms with Crippen LogP contribution in [0.4, 0.5) is 0 Å². The highest BCUT2D eigenvalue weighted by Gasteiger charge is 2.09. The van der Waals surface area contributed by atoms with Gasteiger partial charge in [-0.3, -0.25) is 0 Å². The first-order chi connectivity index (χ1) is 9.78. The Hall–Kier alpha value is -1.45. The second kappa shape index (κ2) is 5.90. The molecule has 0 spiro atoms. The van der Waals surface area contributed by atoms with Gasteiger partial charge in [0.25, 0.3) is 0 Å². The summed E-state index contributed by atoms with van der Waals surface area (Å²) in [4.78, 5) is 4.71. The number of thioether (sulfide) groups is 1. The average molecular weight is 303 g/mol. The molecule has 0 radical (unpaired) electrons. The quantitative estimate of drug-likeness (QED) is 0.631. The predicted octanol–water partition coefficient (Wildman–Crippen LogP) is 5.00. The first kappa shape index (κ1) is 13.5. The normalized spacial score (nSPS) is 11.1. The van der Waals surface area contributed by atoms with Crippen LogP contribution in [0.1, 0.15) is 12.5 Å². The maximum Gasteiger partial charge on any atom is 0.169 e. The zero-order valence-electron chi connectivity index (χ0n) is 11.2. The molecule has 0 saturated carbocycles. The van der Waals surface area contributed by atoms with Crippen LogP contribution >= 0.6 is 23.4 Å². The molecule has 102 valence electrons. The molecule has 0 amide bonds. The molecule has 3 rings (SSSR count). The Bertz CT molecular complexity index is 736. The van der Waals surface area contributed by atoms with Crippen molar-refractivity contribution in [3.63, 3.8) is 0 Å². The Morgan fingerprint density at radius 1 is 1.15 bits per heavy atom. The molecule has 1 heterocycles. The highest BCUT2D eigenvalue weighted by Crippen LogP contribution is 2.27. The molecule has 20 heavy (non-hydrogen) atoms. The molecule has 0 fully saturated rings. The predicted molar refractivity (Wildman–Crippen MR) is 86.4 cm³/mol. The van der Waals surface area contributed by atoms with E-state index in [0.29, 0.717) is 0 Å². The SMILES string of the molecule is CCn1c(SCc2cccc(Cl)c2)nc2ccccc21. The highest BCUT2D eigenvalue weighted by molar-refractivity contribution is 7.98. The molecule has 0 saturated heterocycles. The van der Waals surface area contributed by atoms with Crippen LogP contribution in [0.25, 0.3) is 11.0 Å². The Balaban J connectivity index is 1.87. The van der Waals surface area contributed by atoms with Crippen molar-refractivity contribution >= 4 is 34.4 Å². The fourth-order valence-corrected chi connectivity index (χ4v) is 3.48. The van der Waals surface area contributed by atoms with Crippen molar-refractivity contribution < 1.29 is 0 Å². The van der Waals surface area contributed by atoms with Crippen LogP contribution in [-0.2, 0) is 12.3 Å². The standard InChI is InChI=1S/C16H15ClN2S/c1-2-19-15-9-4-3-8-14(15)18-16(19)20-11-12-6-5-7-13(17)10-12/h3-10H,2,11H2,1H3. The molecule has 3 aromatic rings. The van der Waals surface area contributed by atoms with Crippen LogP contribution in [0, 0.1) is 0 Å². The molecule has 2 nitrogen and oxygen atoms in total. The number of rotatable bonds is 4. The summed E-state index contributed by atoms with van der Waals surface area (Å²) in [5, 5.41) is 1.85. The smallest absolute Gasteiger partial charge is 0.169 e. The first-order valence-corrected chi connectivity index (χ1v) is 7.97. The Labute approximate surface area is 127 Å². The van der Waals surface area contributed by atoms with Crippen LogP contribution < -0.4 is 0 Å². The van der Waals surface area contributed by atoms with E-state index in [0.717, 1.165) is 28.0 Å². The third-order valence-corrected chi connectivity index (χ3v) is 4.48. The van der Waals surface area contributed by atoms with Gasteiger partial charge in [-0.1, -0.05) is 47.6 Å². The van der Waals surface area contributed by atoms with E-state index < -0.39 is 0 Å². The molecule has 0 atom stereocenters. The Morgan fingerprint density at radius 3 is 2.80 bits per heavy atom. The van der Waals surface area contributed by atoms with E-state index in [1.54, 1.807) is 11.8 Å². The fraction of sp³-hybridized carbons (Fsp3) is 0.188. The Morgan fingerprint density at radius 2 is 2.00 bits per heavy atom. The van der Waals surface area contributed by atoms with E-state index >= 15 is 0 Å². The van der Waals surface area contributed by atoms with E-state index in [-0.39, 0.29) is 0 Å². The summed E-state index contributed by atoms with van der Waals surface area (Å²) in [5.74, 6) is 0.879. The lowest BCUT2D eigenvalue weighted by atomic mass is 10.2. The number of hydrogen-bond acceptors (Lipinski definition) is 2. The molecule has 0 N–H and O–H groups in total. The minimum absolute atomic E-state index is 0.784. The summed E-state index contributed by atoms with van der Waals surface area (Å²) >= 11 is 7.77. The summed E-state index contributed by atoms with van der Waals surface area (Å²) in [7, 11) is 0. The molecule has 0 aliphatic heterocycles. The molecule has 2 aromatic carbocycles. The van der Waals surface area contributed by atoms with Crippen LogP contribution in [0.3, 0.4) is 0 Å². The van der Waals surface area contributed by atoms with E-state index in [1.807, 2.05) is 24.3 Å². The number of para-hydroxylation sites is 2. The van der Waals surface area contributed by atoms with Crippen molar-refractivity contribution in [2.24, 2.45) is 0 Å². The molecular formula is C16H15ClN2S. The summed E-state index contributed by atoms with van der Waals surface area (Å²) in [6, 6.07) is 16.3. The molecule has 0 aliphatic rings. The average Bonchev–Trinajstić information content (AvgIpc) is 2.82. The molecule has 4 heteroatoms. The number of imidazole rings is 1.